The number of hydrogen-bond acceptors (Lipinski definition) is 8. The summed E-state index contributed by atoms with van der Waals surface area (Å²) in [4.78, 5) is 24.9. The number of nitrogens with two attached hydrogens (primary N) is 2. The quantitative estimate of drug-likeness (QED) is 0.193. The summed E-state index contributed by atoms with van der Waals surface area (Å²) in [6.07, 6.45) is 5.10. The fraction of sp³-hybridized carbons (Fsp3) is 0. The van der Waals surface area contributed by atoms with Crippen LogP contribution >= 0.6 is 34.8 Å². The lowest BCUT2D eigenvalue weighted by Gasteiger charge is -1.91. The molecule has 12 heteroatoms. The number of halogens is 3. The van der Waals surface area contributed by atoms with E-state index in [0.717, 1.165) is 5.39 Å². The fourth-order valence-electron chi connectivity index (χ4n) is 1.15. The molecule has 0 fully saturated rings. The van der Waals surface area contributed by atoms with Gasteiger partial charge in [0.1, 0.15) is 5.15 Å². The SMILES string of the molecule is Clc1ncc2cn[nH]c2n1.NN.O=Cc1cnc(Cl)nc1Cl. The van der Waals surface area contributed by atoms with Gasteiger partial charge in [0.25, 0.3) is 0 Å². The molecule has 0 bridgehead atoms. The number of nitrogens with one attached hydrogen (secondary N) is 1. The molecule has 3 aromatic rings. The van der Waals surface area contributed by atoms with Crippen LogP contribution < -0.4 is 11.7 Å². The van der Waals surface area contributed by atoms with Crippen molar-refractivity contribution in [1.29, 1.82) is 0 Å². The van der Waals surface area contributed by atoms with Gasteiger partial charge in [0.15, 0.2) is 11.9 Å². The van der Waals surface area contributed by atoms with Crippen molar-refractivity contribution in [2.75, 3.05) is 0 Å². The third-order valence-corrected chi connectivity index (χ3v) is 2.69. The Balaban J connectivity index is 0.000000198. The van der Waals surface area contributed by atoms with E-state index in [9.17, 15) is 4.79 Å². The molecule has 3 rings (SSSR count). The summed E-state index contributed by atoms with van der Waals surface area (Å²) in [5, 5.41) is 7.65. The summed E-state index contributed by atoms with van der Waals surface area (Å²) < 4.78 is 0. The normalized spacial score (nSPS) is 9.32. The van der Waals surface area contributed by atoms with E-state index in [1.165, 1.54) is 6.20 Å². The van der Waals surface area contributed by atoms with Crippen LogP contribution in [0.4, 0.5) is 0 Å². The molecule has 0 amide bonds. The van der Waals surface area contributed by atoms with Crippen LogP contribution in [0.15, 0.2) is 18.6 Å². The lowest BCUT2D eigenvalue weighted by atomic mass is 10.4. The predicted octanol–water partition coefficient (Wildman–Crippen LogP) is 1.42. The van der Waals surface area contributed by atoms with E-state index in [0.29, 0.717) is 11.9 Å². The molecule has 116 valence electrons. The van der Waals surface area contributed by atoms with Crippen LogP contribution in [0.25, 0.3) is 11.0 Å². The number of rotatable bonds is 1. The minimum atomic E-state index is 0.0376. The van der Waals surface area contributed by atoms with Crippen LogP contribution in [-0.4, -0.2) is 36.4 Å². The van der Waals surface area contributed by atoms with E-state index in [2.05, 4.69) is 41.8 Å². The largest absolute Gasteiger partial charge is 0.298 e. The van der Waals surface area contributed by atoms with E-state index in [1.807, 2.05) is 0 Å². The van der Waals surface area contributed by atoms with Crippen molar-refractivity contribution in [3.8, 4) is 0 Å². The summed E-state index contributed by atoms with van der Waals surface area (Å²) >= 11 is 16.3. The van der Waals surface area contributed by atoms with Gasteiger partial charge in [-0.25, -0.2) is 15.0 Å². The molecule has 0 aliphatic carbocycles. The van der Waals surface area contributed by atoms with Crippen molar-refractivity contribution in [3.05, 3.63) is 39.9 Å². The van der Waals surface area contributed by atoms with Crippen molar-refractivity contribution >= 4 is 52.1 Å². The molecule has 0 radical (unpaired) electrons. The minimum Gasteiger partial charge on any atom is -0.298 e. The van der Waals surface area contributed by atoms with Crippen LogP contribution in [-0.2, 0) is 0 Å². The first-order chi connectivity index (χ1) is 10.6. The van der Waals surface area contributed by atoms with Gasteiger partial charge in [-0.3, -0.25) is 21.6 Å². The van der Waals surface area contributed by atoms with Crippen molar-refractivity contribution < 1.29 is 4.79 Å². The van der Waals surface area contributed by atoms with Gasteiger partial charge < -0.3 is 0 Å². The number of carbonyl (C=O) groups is 1. The second-order valence-electron chi connectivity index (χ2n) is 3.32. The van der Waals surface area contributed by atoms with Crippen LogP contribution in [0.2, 0.25) is 15.7 Å². The second-order valence-corrected chi connectivity index (χ2v) is 4.35. The van der Waals surface area contributed by atoms with E-state index >= 15 is 0 Å². The van der Waals surface area contributed by atoms with Gasteiger partial charge in [-0.2, -0.15) is 10.1 Å². The number of fused-ring (bicyclic) bond motifs is 1. The van der Waals surface area contributed by atoms with E-state index in [1.54, 1.807) is 12.4 Å². The lowest BCUT2D eigenvalue weighted by molar-refractivity contribution is 0.112. The fourth-order valence-corrected chi connectivity index (χ4v) is 1.63. The lowest BCUT2D eigenvalue weighted by Crippen LogP contribution is -2.02. The molecule has 5 N–H and O–H groups in total. The molecule has 0 saturated heterocycles. The maximum Gasteiger partial charge on any atom is 0.224 e. The highest BCUT2D eigenvalue weighted by Gasteiger charge is 2.00. The van der Waals surface area contributed by atoms with E-state index in [4.69, 9.17) is 34.8 Å². The first-order valence-electron chi connectivity index (χ1n) is 5.38. The first-order valence-corrected chi connectivity index (χ1v) is 6.51. The monoisotopic (exact) mass is 362 g/mol. The number of hydrazine groups is 1. The van der Waals surface area contributed by atoms with Crippen LogP contribution in [0, 0.1) is 0 Å². The first kappa shape index (κ1) is 18.1. The molecule has 22 heavy (non-hydrogen) atoms. The maximum absolute atomic E-state index is 10.1. The Hall–Kier alpha value is -1.91. The zero-order chi connectivity index (χ0) is 16.5. The number of H-pyrrole nitrogens is 1. The number of aromatic amines is 1. The van der Waals surface area contributed by atoms with Gasteiger partial charge in [-0.05, 0) is 23.2 Å². The number of aldehydes is 1. The molecule has 9 nitrogen and oxygen atoms in total. The Morgan fingerprint density at radius 3 is 2.27 bits per heavy atom. The van der Waals surface area contributed by atoms with Gasteiger partial charge in [-0.1, -0.05) is 11.6 Å². The second kappa shape index (κ2) is 9.18. The summed E-state index contributed by atoms with van der Waals surface area (Å²) in [6, 6.07) is 0. The summed E-state index contributed by atoms with van der Waals surface area (Å²) in [5.41, 5.74) is 0.908. The van der Waals surface area contributed by atoms with E-state index in [-0.39, 0.29) is 21.3 Å². The minimum absolute atomic E-state index is 0.0376. The molecule has 0 unspecified atom stereocenters. The topological polar surface area (TPSA) is 149 Å². The summed E-state index contributed by atoms with van der Waals surface area (Å²) in [7, 11) is 0. The standard InChI is InChI=1S/C5H2Cl2N2O.C5H3ClN4.H4N2/c6-4-3(2-10)1-8-5(7)9-4;6-5-7-1-3-2-8-10-4(3)9-5;1-2/h1-2H;1-2H,(H,7,8,9,10);1-2H2. The molecule has 0 spiro atoms. The molecule has 0 aromatic carbocycles. The Bertz CT molecular complexity index is 750. The highest BCUT2D eigenvalue weighted by molar-refractivity contribution is 6.33. The Morgan fingerprint density at radius 2 is 1.64 bits per heavy atom. The molecule has 0 aliphatic heterocycles. The summed E-state index contributed by atoms with van der Waals surface area (Å²) in [6.45, 7) is 0. The van der Waals surface area contributed by atoms with Gasteiger partial charge in [0, 0.05) is 12.4 Å². The molecule has 0 atom stereocenters. The molecular formula is C10H9Cl3N8O. The highest BCUT2D eigenvalue weighted by atomic mass is 35.5. The van der Waals surface area contributed by atoms with Crippen molar-refractivity contribution in [2.24, 2.45) is 11.7 Å². The zero-order valence-electron chi connectivity index (χ0n) is 10.7. The molecule has 3 heterocycles. The zero-order valence-corrected chi connectivity index (χ0v) is 13.0. The average Bonchev–Trinajstić information content (AvgIpc) is 2.97. The van der Waals surface area contributed by atoms with Crippen molar-refractivity contribution in [1.82, 2.24) is 30.1 Å². The summed E-state index contributed by atoms with van der Waals surface area (Å²) in [5.74, 6) is 8.00. The van der Waals surface area contributed by atoms with E-state index < -0.39 is 0 Å². The van der Waals surface area contributed by atoms with Crippen LogP contribution in [0.1, 0.15) is 10.4 Å². The Labute approximate surface area is 139 Å². The third-order valence-electron chi connectivity index (χ3n) is 2.03. The number of aromatic nitrogens is 6. The van der Waals surface area contributed by atoms with Gasteiger partial charge >= 0.3 is 0 Å². The third kappa shape index (κ3) is 5.13. The molecule has 3 aromatic heterocycles. The van der Waals surface area contributed by atoms with Crippen molar-refractivity contribution in [2.45, 2.75) is 0 Å². The molecule has 0 aliphatic rings. The van der Waals surface area contributed by atoms with Gasteiger partial charge in [0.2, 0.25) is 10.6 Å². The Morgan fingerprint density at radius 1 is 1.00 bits per heavy atom. The van der Waals surface area contributed by atoms with Gasteiger partial charge in [0.05, 0.1) is 17.1 Å². The highest BCUT2D eigenvalue weighted by Crippen LogP contribution is 2.11. The van der Waals surface area contributed by atoms with Crippen molar-refractivity contribution in [3.63, 3.8) is 0 Å². The maximum atomic E-state index is 10.1. The predicted molar refractivity (Wildman–Crippen MR) is 82.5 cm³/mol. The number of carbonyl (C=O) groups excluding carboxylic acids is 1. The van der Waals surface area contributed by atoms with Gasteiger partial charge in [-0.15, -0.1) is 0 Å². The smallest absolute Gasteiger partial charge is 0.224 e. The van der Waals surface area contributed by atoms with Crippen LogP contribution in [0.5, 0.6) is 0 Å². The molecular weight excluding hydrogens is 355 g/mol. The Kier molecular flexibility index (Phi) is 7.57. The number of hydrogen-bond donors (Lipinski definition) is 3. The molecule has 0 saturated carbocycles. The number of nitrogens with zero attached hydrogens (tertiary/aromatic N) is 5. The average molecular weight is 364 g/mol. The van der Waals surface area contributed by atoms with Crippen LogP contribution in [0.3, 0.4) is 0 Å².